The lowest BCUT2D eigenvalue weighted by Gasteiger charge is -2.10. The SMILES string of the molecule is CC.CNC(C)=O.CN[C@@H](Cc1c[nH]c2ccccc12)C(N)=O.NC(=O)CCC=O. The van der Waals surface area contributed by atoms with Crippen LogP contribution in [0.15, 0.2) is 30.5 Å². The third-order valence-corrected chi connectivity index (χ3v) is 3.65. The van der Waals surface area contributed by atoms with Gasteiger partial charge in [-0.1, -0.05) is 32.0 Å². The smallest absolute Gasteiger partial charge is 0.234 e. The van der Waals surface area contributed by atoms with Crippen molar-refractivity contribution >= 4 is 34.9 Å². The van der Waals surface area contributed by atoms with Crippen LogP contribution >= 0.6 is 0 Å². The summed E-state index contributed by atoms with van der Waals surface area (Å²) in [6.45, 7) is 5.47. The minimum absolute atomic E-state index is 0.00463. The number of likely N-dealkylation sites (N-methyl/N-ethyl adjacent to an activating group) is 1. The van der Waals surface area contributed by atoms with Crippen LogP contribution in [0.25, 0.3) is 10.9 Å². The number of para-hydroxylation sites is 1. The normalized spacial score (nSPS) is 10.0. The lowest BCUT2D eigenvalue weighted by atomic mass is 10.0. The molecule has 0 radical (unpaired) electrons. The van der Waals surface area contributed by atoms with Gasteiger partial charge in [-0.25, -0.2) is 0 Å². The number of aromatic nitrogens is 1. The second-order valence-corrected chi connectivity index (χ2v) is 5.79. The van der Waals surface area contributed by atoms with Crippen molar-refractivity contribution in [3.05, 3.63) is 36.0 Å². The molecule has 0 spiro atoms. The number of hydrogen-bond donors (Lipinski definition) is 5. The van der Waals surface area contributed by atoms with Gasteiger partial charge >= 0.3 is 0 Å². The van der Waals surface area contributed by atoms with Gasteiger partial charge in [0.05, 0.1) is 6.04 Å². The largest absolute Gasteiger partial charge is 0.370 e. The molecule has 0 aliphatic rings. The van der Waals surface area contributed by atoms with Crippen molar-refractivity contribution in [1.29, 1.82) is 0 Å². The minimum atomic E-state index is -0.424. The number of hydrogen-bond acceptors (Lipinski definition) is 5. The van der Waals surface area contributed by atoms with Gasteiger partial charge < -0.3 is 31.9 Å². The highest BCUT2D eigenvalue weighted by atomic mass is 16.2. The Bertz CT molecular complexity index is 774. The summed E-state index contributed by atoms with van der Waals surface area (Å²) in [4.78, 5) is 43.3. The van der Waals surface area contributed by atoms with Crippen LogP contribution in [0, 0.1) is 0 Å². The van der Waals surface area contributed by atoms with E-state index in [1.54, 1.807) is 14.1 Å². The predicted molar refractivity (Wildman–Crippen MR) is 120 cm³/mol. The molecule has 0 aliphatic carbocycles. The zero-order valence-electron chi connectivity index (χ0n) is 18.5. The van der Waals surface area contributed by atoms with Crippen molar-refractivity contribution in [3.63, 3.8) is 0 Å². The molecule has 0 aliphatic heterocycles. The van der Waals surface area contributed by atoms with E-state index in [-0.39, 0.29) is 30.7 Å². The Morgan fingerprint density at radius 3 is 2.10 bits per heavy atom. The fourth-order valence-electron chi connectivity index (χ4n) is 2.07. The summed E-state index contributed by atoms with van der Waals surface area (Å²) >= 11 is 0. The highest BCUT2D eigenvalue weighted by Gasteiger charge is 2.15. The highest BCUT2D eigenvalue weighted by molar-refractivity contribution is 5.85. The lowest BCUT2D eigenvalue weighted by molar-refractivity contribution is -0.120. The first-order valence-electron chi connectivity index (χ1n) is 9.68. The molecule has 2 aromatic rings. The Labute approximate surface area is 178 Å². The molecule has 1 atom stereocenters. The number of aromatic amines is 1. The van der Waals surface area contributed by atoms with Crippen LogP contribution in [-0.2, 0) is 25.6 Å². The van der Waals surface area contributed by atoms with Gasteiger partial charge in [-0.3, -0.25) is 14.4 Å². The Morgan fingerprint density at radius 1 is 1.13 bits per heavy atom. The van der Waals surface area contributed by atoms with Crippen LogP contribution in [0.3, 0.4) is 0 Å². The summed E-state index contributed by atoms with van der Waals surface area (Å²) in [5.74, 6) is -0.745. The molecule has 3 amide bonds. The maximum absolute atomic E-state index is 11.1. The number of aldehydes is 1. The number of primary amides is 2. The fraction of sp³-hybridized carbons (Fsp3) is 0.429. The molecule has 9 nitrogen and oxygen atoms in total. The molecule has 0 saturated carbocycles. The van der Waals surface area contributed by atoms with Crippen LogP contribution in [0.1, 0.15) is 39.2 Å². The molecule has 9 heteroatoms. The molecule has 168 valence electrons. The van der Waals surface area contributed by atoms with Gasteiger partial charge in [-0.2, -0.15) is 0 Å². The van der Waals surface area contributed by atoms with Crippen molar-refractivity contribution in [2.24, 2.45) is 11.5 Å². The molecule has 1 aromatic heterocycles. The lowest BCUT2D eigenvalue weighted by Crippen LogP contribution is -2.40. The van der Waals surface area contributed by atoms with E-state index in [1.165, 1.54) is 6.92 Å². The summed E-state index contributed by atoms with van der Waals surface area (Å²) in [5, 5.41) is 6.45. The predicted octanol–water partition coefficient (Wildman–Crippen LogP) is 1.01. The van der Waals surface area contributed by atoms with Gasteiger partial charge in [0.15, 0.2) is 0 Å². The summed E-state index contributed by atoms with van der Waals surface area (Å²) in [6, 6.07) is 7.69. The molecule has 0 saturated heterocycles. The Balaban J connectivity index is 0. The van der Waals surface area contributed by atoms with E-state index >= 15 is 0 Å². The summed E-state index contributed by atoms with van der Waals surface area (Å²) in [7, 11) is 3.34. The average Bonchev–Trinajstić information content (AvgIpc) is 3.15. The van der Waals surface area contributed by atoms with E-state index < -0.39 is 5.91 Å². The first-order valence-corrected chi connectivity index (χ1v) is 9.68. The van der Waals surface area contributed by atoms with Crippen molar-refractivity contribution in [2.75, 3.05) is 14.1 Å². The van der Waals surface area contributed by atoms with E-state index in [1.807, 2.05) is 44.3 Å². The fourth-order valence-corrected chi connectivity index (χ4v) is 2.07. The first kappa shape index (κ1) is 29.0. The molecule has 0 bridgehead atoms. The van der Waals surface area contributed by atoms with Gasteiger partial charge in [0.2, 0.25) is 17.7 Å². The number of benzene rings is 1. The third kappa shape index (κ3) is 13.1. The van der Waals surface area contributed by atoms with E-state index in [0.29, 0.717) is 12.7 Å². The van der Waals surface area contributed by atoms with Crippen LogP contribution in [0.5, 0.6) is 0 Å². The monoisotopic (exact) mass is 421 g/mol. The van der Waals surface area contributed by atoms with Crippen molar-refractivity contribution in [3.8, 4) is 0 Å². The maximum Gasteiger partial charge on any atom is 0.234 e. The second-order valence-electron chi connectivity index (χ2n) is 5.79. The van der Waals surface area contributed by atoms with E-state index in [2.05, 4.69) is 21.4 Å². The van der Waals surface area contributed by atoms with Crippen LogP contribution in [0.2, 0.25) is 0 Å². The Morgan fingerprint density at radius 2 is 1.70 bits per heavy atom. The van der Waals surface area contributed by atoms with Crippen LogP contribution < -0.4 is 22.1 Å². The number of carbonyl (C=O) groups is 4. The van der Waals surface area contributed by atoms with Crippen LogP contribution in [0.4, 0.5) is 0 Å². The molecule has 7 N–H and O–H groups in total. The molecule has 0 fully saturated rings. The summed E-state index contributed by atoms with van der Waals surface area (Å²) < 4.78 is 0. The van der Waals surface area contributed by atoms with Gasteiger partial charge in [0.25, 0.3) is 0 Å². The van der Waals surface area contributed by atoms with Gasteiger partial charge in [-0.05, 0) is 25.1 Å². The molecule has 2 rings (SSSR count). The Hall–Kier alpha value is -3.20. The number of carbonyl (C=O) groups excluding carboxylic acids is 4. The van der Waals surface area contributed by atoms with Gasteiger partial charge in [0, 0.05) is 43.9 Å². The molecule has 30 heavy (non-hydrogen) atoms. The number of nitrogens with one attached hydrogen (secondary N) is 3. The zero-order chi connectivity index (χ0) is 23.5. The molecule has 1 heterocycles. The summed E-state index contributed by atoms with van der Waals surface area (Å²) in [5.41, 5.74) is 12.2. The number of nitrogens with two attached hydrogens (primary N) is 2. The zero-order valence-corrected chi connectivity index (χ0v) is 18.5. The van der Waals surface area contributed by atoms with E-state index in [0.717, 1.165) is 16.5 Å². The van der Waals surface area contributed by atoms with E-state index in [9.17, 15) is 19.2 Å². The number of fused-ring (bicyclic) bond motifs is 1. The molecular formula is C21H35N5O4. The van der Waals surface area contributed by atoms with Crippen LogP contribution in [-0.4, -0.2) is 49.1 Å². The number of amides is 3. The first-order chi connectivity index (χ1) is 14.3. The third-order valence-electron chi connectivity index (χ3n) is 3.65. The maximum atomic E-state index is 11.1. The second kappa shape index (κ2) is 17.9. The molecular weight excluding hydrogens is 386 g/mol. The van der Waals surface area contributed by atoms with Gasteiger partial charge in [0.1, 0.15) is 6.29 Å². The van der Waals surface area contributed by atoms with Gasteiger partial charge in [-0.15, -0.1) is 0 Å². The molecule has 1 aromatic carbocycles. The van der Waals surface area contributed by atoms with E-state index in [4.69, 9.17) is 5.73 Å². The topological polar surface area (TPSA) is 160 Å². The average molecular weight is 422 g/mol. The molecule has 0 unspecified atom stereocenters. The summed E-state index contributed by atoms with van der Waals surface area (Å²) in [6.07, 6.45) is 3.62. The van der Waals surface area contributed by atoms with Crippen molar-refractivity contribution in [1.82, 2.24) is 15.6 Å². The number of rotatable bonds is 7. The quantitative estimate of drug-likeness (QED) is 0.421. The Kier molecular flexibility index (Phi) is 17.3. The number of H-pyrrole nitrogens is 1. The van der Waals surface area contributed by atoms with Crippen molar-refractivity contribution in [2.45, 2.75) is 46.1 Å². The highest BCUT2D eigenvalue weighted by Crippen LogP contribution is 2.18. The minimum Gasteiger partial charge on any atom is -0.370 e. The standard InChI is InChI=1S/C12H15N3O.C4H7NO2.C3H7NO.C2H6/c1-14-11(12(13)16)6-8-7-15-10-5-3-2-4-9(8)10;5-4(7)2-1-3-6;1-3(5)4-2;1-2/h2-5,7,11,14-15H,6H2,1H3,(H2,13,16);3H,1-2H2,(H2,5,7);1-2H3,(H,4,5);1-2H3/t11-;;;/m0.../s1. The van der Waals surface area contributed by atoms with Crippen molar-refractivity contribution < 1.29 is 19.2 Å².